The van der Waals surface area contributed by atoms with Crippen LogP contribution in [0.15, 0.2) is 66.7 Å². The van der Waals surface area contributed by atoms with Crippen molar-refractivity contribution in [1.29, 1.82) is 0 Å². The average molecular weight is 443 g/mol. The molecule has 0 aliphatic carbocycles. The van der Waals surface area contributed by atoms with E-state index in [0.717, 1.165) is 40.9 Å². The minimum absolute atomic E-state index is 0.356. The van der Waals surface area contributed by atoms with E-state index >= 15 is 0 Å². The van der Waals surface area contributed by atoms with Gasteiger partial charge in [0.2, 0.25) is 0 Å². The van der Waals surface area contributed by atoms with E-state index in [2.05, 4.69) is 23.6 Å². The Morgan fingerprint density at radius 1 is 0.848 bits per heavy atom. The maximum absolute atomic E-state index is 12.2. The van der Waals surface area contributed by atoms with Crippen LogP contribution in [0, 0.1) is 0 Å². The van der Waals surface area contributed by atoms with Crippen molar-refractivity contribution in [2.75, 3.05) is 14.2 Å². The molecule has 0 saturated carbocycles. The molecule has 0 amide bonds. The minimum Gasteiger partial charge on any atom is -0.465 e. The van der Waals surface area contributed by atoms with Gasteiger partial charge in [-0.1, -0.05) is 55.5 Å². The van der Waals surface area contributed by atoms with Gasteiger partial charge in [-0.15, -0.1) is 0 Å². The number of aryl methyl sites for hydroxylation is 1. The lowest BCUT2D eigenvalue weighted by Crippen LogP contribution is -2.06. The second-order valence-electron chi connectivity index (χ2n) is 7.76. The number of hydrogen-bond acceptors (Lipinski definition) is 5. The number of nitrogens with zero attached hydrogens (tertiary/aromatic N) is 2. The molecule has 4 rings (SSSR count). The molecule has 3 aromatic carbocycles. The van der Waals surface area contributed by atoms with E-state index in [1.807, 2.05) is 42.5 Å². The molecular weight excluding hydrogens is 416 g/mol. The Labute approximate surface area is 192 Å². The third-order valence-electron chi connectivity index (χ3n) is 5.67. The molecule has 0 saturated heterocycles. The number of fused-ring (bicyclic) bond motifs is 1. The summed E-state index contributed by atoms with van der Waals surface area (Å²) in [5, 5.41) is 0. The minimum atomic E-state index is -0.387. The van der Waals surface area contributed by atoms with E-state index in [1.165, 1.54) is 14.2 Å². The van der Waals surface area contributed by atoms with Crippen molar-refractivity contribution >= 4 is 23.0 Å². The molecular formula is C27H26N2O4. The van der Waals surface area contributed by atoms with E-state index in [1.54, 1.807) is 12.1 Å². The van der Waals surface area contributed by atoms with Gasteiger partial charge >= 0.3 is 11.9 Å². The number of imidazole rings is 1. The predicted molar refractivity (Wildman–Crippen MR) is 127 cm³/mol. The van der Waals surface area contributed by atoms with Crippen LogP contribution in [0.4, 0.5) is 0 Å². The molecule has 1 aromatic heterocycles. The van der Waals surface area contributed by atoms with Crippen LogP contribution < -0.4 is 0 Å². The van der Waals surface area contributed by atoms with Gasteiger partial charge in [0, 0.05) is 13.0 Å². The number of ether oxygens (including phenoxy) is 2. The fourth-order valence-corrected chi connectivity index (χ4v) is 4.06. The van der Waals surface area contributed by atoms with Crippen LogP contribution in [-0.4, -0.2) is 35.7 Å². The van der Waals surface area contributed by atoms with E-state index in [4.69, 9.17) is 14.5 Å². The Kier molecular flexibility index (Phi) is 6.54. The fourth-order valence-electron chi connectivity index (χ4n) is 4.06. The lowest BCUT2D eigenvalue weighted by molar-refractivity contribution is 0.0593. The van der Waals surface area contributed by atoms with Crippen molar-refractivity contribution in [1.82, 2.24) is 9.55 Å². The second kappa shape index (κ2) is 9.69. The number of carbonyl (C=O) groups excluding carboxylic acids is 2. The highest BCUT2D eigenvalue weighted by molar-refractivity contribution is 6.02. The van der Waals surface area contributed by atoms with Crippen LogP contribution in [0.2, 0.25) is 0 Å². The molecule has 0 N–H and O–H groups in total. The third kappa shape index (κ3) is 4.37. The fraction of sp³-hybridized carbons (Fsp3) is 0.222. The summed E-state index contributed by atoms with van der Waals surface area (Å²) in [6.07, 6.45) is 1.75. The average Bonchev–Trinajstić information content (AvgIpc) is 3.20. The first-order valence-corrected chi connectivity index (χ1v) is 10.9. The first-order chi connectivity index (χ1) is 16.1. The first-order valence-electron chi connectivity index (χ1n) is 10.9. The number of para-hydroxylation sites is 1. The van der Waals surface area contributed by atoms with Crippen LogP contribution in [0.5, 0.6) is 0 Å². The van der Waals surface area contributed by atoms with Crippen molar-refractivity contribution in [3.63, 3.8) is 0 Å². The molecule has 0 radical (unpaired) electrons. The van der Waals surface area contributed by atoms with E-state index in [9.17, 15) is 9.59 Å². The van der Waals surface area contributed by atoms with Gasteiger partial charge in [-0.05, 0) is 41.3 Å². The topological polar surface area (TPSA) is 70.4 Å². The summed E-state index contributed by atoms with van der Waals surface area (Å²) < 4.78 is 12.0. The van der Waals surface area contributed by atoms with Crippen LogP contribution in [0.3, 0.4) is 0 Å². The highest BCUT2D eigenvalue weighted by Gasteiger charge is 2.18. The van der Waals surface area contributed by atoms with Gasteiger partial charge < -0.3 is 14.0 Å². The van der Waals surface area contributed by atoms with Crippen LogP contribution in [0.25, 0.3) is 22.2 Å². The summed E-state index contributed by atoms with van der Waals surface area (Å²) in [7, 11) is 2.77. The number of methoxy groups -OCH3 is 2. The maximum atomic E-state index is 12.2. The molecule has 0 aliphatic rings. The molecule has 0 bridgehead atoms. The number of esters is 2. The monoisotopic (exact) mass is 442 g/mol. The molecule has 0 spiro atoms. The number of rotatable bonds is 7. The quantitative estimate of drug-likeness (QED) is 0.364. The summed E-state index contributed by atoms with van der Waals surface area (Å²) in [5.41, 5.74) is 5.44. The van der Waals surface area contributed by atoms with Gasteiger partial charge in [0.25, 0.3) is 0 Å². The van der Waals surface area contributed by atoms with Gasteiger partial charge in [-0.2, -0.15) is 0 Å². The summed E-state index contributed by atoms with van der Waals surface area (Å²) in [4.78, 5) is 29.2. The number of benzene rings is 3. The van der Waals surface area contributed by atoms with Crippen LogP contribution in [-0.2, 0) is 22.4 Å². The van der Waals surface area contributed by atoms with Crippen LogP contribution >= 0.6 is 0 Å². The third-order valence-corrected chi connectivity index (χ3v) is 5.67. The summed E-state index contributed by atoms with van der Waals surface area (Å²) >= 11 is 0. The summed E-state index contributed by atoms with van der Waals surface area (Å²) in [5.74, 6) is 0.191. The van der Waals surface area contributed by atoms with Crippen molar-refractivity contribution < 1.29 is 19.1 Å². The van der Waals surface area contributed by atoms with Crippen molar-refractivity contribution in [2.24, 2.45) is 0 Å². The van der Waals surface area contributed by atoms with Crippen LogP contribution in [0.1, 0.15) is 45.4 Å². The van der Waals surface area contributed by atoms with E-state index in [0.29, 0.717) is 23.2 Å². The molecule has 33 heavy (non-hydrogen) atoms. The van der Waals surface area contributed by atoms with Crippen molar-refractivity contribution in [2.45, 2.75) is 26.3 Å². The zero-order chi connectivity index (χ0) is 23.4. The zero-order valence-corrected chi connectivity index (χ0v) is 19.0. The largest absolute Gasteiger partial charge is 0.465 e. The molecule has 0 atom stereocenters. The smallest absolute Gasteiger partial charge is 0.340 e. The molecule has 6 heteroatoms. The van der Waals surface area contributed by atoms with Gasteiger partial charge in [-0.25, -0.2) is 14.6 Å². The second-order valence-corrected chi connectivity index (χ2v) is 7.76. The summed E-state index contributed by atoms with van der Waals surface area (Å²) in [6, 6.07) is 21.1. The predicted octanol–water partition coefficient (Wildman–Crippen LogP) is 5.28. The number of carbonyl (C=O) groups is 2. The summed E-state index contributed by atoms with van der Waals surface area (Å²) in [6.45, 7) is 2.73. The van der Waals surface area contributed by atoms with E-state index < -0.39 is 0 Å². The standard InChI is InChI=1S/C27H26N2O4/c1-4-8-24-28-25-22(27(31)33-3)11-7-12-23(25)29(24)17-18-13-15-19(16-14-18)20-9-5-6-10-21(20)26(30)32-2/h5-7,9-16H,4,8,17H2,1-3H3. The highest BCUT2D eigenvalue weighted by Crippen LogP contribution is 2.27. The van der Waals surface area contributed by atoms with Gasteiger partial charge in [0.15, 0.2) is 0 Å². The van der Waals surface area contributed by atoms with Crippen molar-refractivity contribution in [3.05, 3.63) is 89.2 Å². The molecule has 1 heterocycles. The molecule has 4 aromatic rings. The van der Waals surface area contributed by atoms with Gasteiger partial charge in [-0.3, -0.25) is 0 Å². The lowest BCUT2D eigenvalue weighted by atomic mass is 9.98. The SMILES string of the molecule is CCCc1nc2c(C(=O)OC)cccc2n1Cc1ccc(-c2ccccc2C(=O)OC)cc1. The molecule has 0 fully saturated rings. The maximum Gasteiger partial charge on any atom is 0.340 e. The van der Waals surface area contributed by atoms with E-state index in [-0.39, 0.29) is 11.9 Å². The number of aromatic nitrogens is 2. The van der Waals surface area contributed by atoms with Gasteiger partial charge in [0.1, 0.15) is 11.3 Å². The first kappa shape index (κ1) is 22.3. The highest BCUT2D eigenvalue weighted by atomic mass is 16.5. The number of hydrogen-bond donors (Lipinski definition) is 0. The Hall–Kier alpha value is -3.93. The Morgan fingerprint density at radius 2 is 1.52 bits per heavy atom. The van der Waals surface area contributed by atoms with Gasteiger partial charge in [0.05, 0.1) is 30.9 Å². The lowest BCUT2D eigenvalue weighted by Gasteiger charge is -2.11. The molecule has 0 unspecified atom stereocenters. The molecule has 6 nitrogen and oxygen atoms in total. The Balaban J connectivity index is 1.70. The molecule has 168 valence electrons. The Bertz CT molecular complexity index is 1310. The Morgan fingerprint density at radius 3 is 2.21 bits per heavy atom. The van der Waals surface area contributed by atoms with Crippen molar-refractivity contribution in [3.8, 4) is 11.1 Å². The molecule has 0 aliphatic heterocycles. The normalized spacial score (nSPS) is 10.9. The zero-order valence-electron chi connectivity index (χ0n) is 19.0.